The monoisotopic (exact) mass is 146 g/mol. The summed E-state index contributed by atoms with van der Waals surface area (Å²) in [7, 11) is 0. The first-order chi connectivity index (χ1) is 3.93. The van der Waals surface area contributed by atoms with E-state index in [2.05, 4.69) is 0 Å². The van der Waals surface area contributed by atoms with Crippen LogP contribution in [-0.4, -0.2) is 57.7 Å². The standard InChI is InChI=1S/C7H6O.K.H/c8-6-7-4-2-1-3-5-7;;/h1-6H;;. The molecule has 0 aromatic heterocycles. The van der Waals surface area contributed by atoms with Crippen LogP contribution in [0.1, 0.15) is 10.4 Å². The molecule has 0 N–H and O–H groups in total. The van der Waals surface area contributed by atoms with Gasteiger partial charge in [-0.1, -0.05) is 30.3 Å². The zero-order valence-corrected chi connectivity index (χ0v) is 4.37. The van der Waals surface area contributed by atoms with Crippen LogP contribution in [0.25, 0.3) is 0 Å². The molecule has 1 rings (SSSR count). The molecule has 0 aliphatic rings. The van der Waals surface area contributed by atoms with Crippen LogP contribution in [0.3, 0.4) is 0 Å². The first-order valence-electron chi connectivity index (χ1n) is 2.44. The van der Waals surface area contributed by atoms with Gasteiger partial charge in [0.1, 0.15) is 6.29 Å². The van der Waals surface area contributed by atoms with Crippen molar-refractivity contribution in [1.82, 2.24) is 0 Å². The van der Waals surface area contributed by atoms with Crippen molar-refractivity contribution in [3.8, 4) is 0 Å². The summed E-state index contributed by atoms with van der Waals surface area (Å²) >= 11 is 0. The van der Waals surface area contributed by atoms with Crippen LogP contribution < -0.4 is 0 Å². The van der Waals surface area contributed by atoms with Crippen LogP contribution in [0.2, 0.25) is 0 Å². The molecule has 0 aliphatic heterocycles. The molecule has 0 atom stereocenters. The molecule has 0 bridgehead atoms. The van der Waals surface area contributed by atoms with Crippen molar-refractivity contribution in [2.24, 2.45) is 0 Å². The van der Waals surface area contributed by atoms with Gasteiger partial charge in [-0.3, -0.25) is 4.79 Å². The first kappa shape index (κ1) is 9.53. The number of benzene rings is 1. The maximum atomic E-state index is 10.0. The fourth-order valence-corrected chi connectivity index (χ4v) is 0.532. The van der Waals surface area contributed by atoms with Crippen LogP contribution in [0.5, 0.6) is 0 Å². The Morgan fingerprint density at radius 2 is 1.67 bits per heavy atom. The average molecular weight is 146 g/mol. The molecule has 1 nitrogen and oxygen atoms in total. The van der Waals surface area contributed by atoms with Crippen LogP contribution in [0.4, 0.5) is 0 Å². The molecular weight excluding hydrogens is 139 g/mol. The number of hydrogen-bond acceptors (Lipinski definition) is 1. The number of rotatable bonds is 1. The summed E-state index contributed by atoms with van der Waals surface area (Å²) in [4.78, 5) is 10.0. The molecule has 0 aliphatic carbocycles. The molecule has 0 spiro atoms. The molecule has 1 aromatic rings. The third kappa shape index (κ3) is 3.28. The van der Waals surface area contributed by atoms with E-state index in [1.807, 2.05) is 18.2 Å². The van der Waals surface area contributed by atoms with Gasteiger partial charge in [-0.25, -0.2) is 0 Å². The Hall–Kier alpha value is 0.526. The molecule has 2 heteroatoms. The summed E-state index contributed by atoms with van der Waals surface area (Å²) in [6.45, 7) is 0. The van der Waals surface area contributed by atoms with E-state index in [0.717, 1.165) is 11.8 Å². The Kier molecular flexibility index (Phi) is 5.63. The molecule has 42 valence electrons. The minimum atomic E-state index is 0. The summed E-state index contributed by atoms with van der Waals surface area (Å²) in [5.41, 5.74) is 0.729. The number of aldehydes is 1. The second-order valence-electron chi connectivity index (χ2n) is 1.53. The van der Waals surface area contributed by atoms with Crippen LogP contribution >= 0.6 is 0 Å². The SMILES string of the molecule is O=Cc1ccccc1.[KH]. The van der Waals surface area contributed by atoms with E-state index < -0.39 is 0 Å². The van der Waals surface area contributed by atoms with E-state index in [-0.39, 0.29) is 51.4 Å². The summed E-state index contributed by atoms with van der Waals surface area (Å²) < 4.78 is 0. The predicted octanol–water partition coefficient (Wildman–Crippen LogP) is 0.851. The Bertz CT molecular complexity index is 172. The second kappa shape index (κ2) is 5.32. The molecule has 0 saturated carbocycles. The van der Waals surface area contributed by atoms with Gasteiger partial charge in [0.25, 0.3) is 0 Å². The number of carbonyl (C=O) groups excluding carboxylic acids is 1. The fraction of sp³-hybridized carbons (Fsp3) is 0. The molecule has 9 heavy (non-hydrogen) atoms. The Labute approximate surface area is 96.9 Å². The van der Waals surface area contributed by atoms with Crippen molar-refractivity contribution < 1.29 is 4.79 Å². The fourth-order valence-electron chi connectivity index (χ4n) is 0.532. The van der Waals surface area contributed by atoms with Crippen LogP contribution in [0, 0.1) is 0 Å². The summed E-state index contributed by atoms with van der Waals surface area (Å²) in [5, 5.41) is 0. The van der Waals surface area contributed by atoms with Crippen molar-refractivity contribution in [3.63, 3.8) is 0 Å². The molecule has 0 radical (unpaired) electrons. The number of hydrogen-bond donors (Lipinski definition) is 0. The van der Waals surface area contributed by atoms with Crippen molar-refractivity contribution in [2.75, 3.05) is 0 Å². The van der Waals surface area contributed by atoms with E-state index in [9.17, 15) is 4.79 Å². The van der Waals surface area contributed by atoms with E-state index in [1.54, 1.807) is 12.1 Å². The van der Waals surface area contributed by atoms with Crippen LogP contribution in [0.15, 0.2) is 30.3 Å². The van der Waals surface area contributed by atoms with Gasteiger partial charge in [-0.15, -0.1) is 0 Å². The van der Waals surface area contributed by atoms with Gasteiger partial charge < -0.3 is 0 Å². The van der Waals surface area contributed by atoms with E-state index in [4.69, 9.17) is 0 Å². The molecule has 0 unspecified atom stereocenters. The predicted molar refractivity (Wildman–Crippen MR) is 39.0 cm³/mol. The van der Waals surface area contributed by atoms with Gasteiger partial charge in [-0.05, 0) is 0 Å². The topological polar surface area (TPSA) is 17.1 Å². The van der Waals surface area contributed by atoms with Gasteiger partial charge >= 0.3 is 51.4 Å². The number of carbonyl (C=O) groups is 1. The summed E-state index contributed by atoms with van der Waals surface area (Å²) in [6, 6.07) is 9.10. The molecule has 0 heterocycles. The van der Waals surface area contributed by atoms with Crippen molar-refractivity contribution in [2.45, 2.75) is 0 Å². The zero-order chi connectivity index (χ0) is 5.82. The van der Waals surface area contributed by atoms with E-state index in [1.165, 1.54) is 0 Å². The Balaban J connectivity index is 0.000000640. The van der Waals surface area contributed by atoms with Gasteiger partial charge in [0, 0.05) is 5.56 Å². The molecule has 0 fully saturated rings. The van der Waals surface area contributed by atoms with Gasteiger partial charge in [0.15, 0.2) is 0 Å². The quantitative estimate of drug-likeness (QED) is 0.424. The van der Waals surface area contributed by atoms with E-state index in [0.29, 0.717) is 0 Å². The first-order valence-corrected chi connectivity index (χ1v) is 2.44. The summed E-state index contributed by atoms with van der Waals surface area (Å²) in [5.74, 6) is 0. The zero-order valence-electron chi connectivity index (χ0n) is 4.37. The van der Waals surface area contributed by atoms with Crippen molar-refractivity contribution in [3.05, 3.63) is 35.9 Å². The third-order valence-electron chi connectivity index (χ3n) is 0.936. The Morgan fingerprint density at radius 3 is 2.00 bits per heavy atom. The minimum absolute atomic E-state index is 0. The third-order valence-corrected chi connectivity index (χ3v) is 0.936. The normalized spacial score (nSPS) is 7.56. The summed E-state index contributed by atoms with van der Waals surface area (Å²) in [6.07, 6.45) is 0.833. The van der Waals surface area contributed by atoms with Crippen LogP contribution in [-0.2, 0) is 0 Å². The van der Waals surface area contributed by atoms with Gasteiger partial charge in [-0.2, -0.15) is 0 Å². The molecular formula is C7H7KO. The second-order valence-corrected chi connectivity index (χ2v) is 1.53. The average Bonchev–Trinajstić information content (AvgIpc) is 1.90. The molecule has 0 saturated heterocycles. The van der Waals surface area contributed by atoms with E-state index >= 15 is 0 Å². The maximum absolute atomic E-state index is 10.0. The molecule has 0 amide bonds. The van der Waals surface area contributed by atoms with Crippen molar-refractivity contribution >= 4 is 57.7 Å². The Morgan fingerprint density at radius 1 is 1.11 bits per heavy atom. The van der Waals surface area contributed by atoms with Gasteiger partial charge in [0.2, 0.25) is 0 Å². The molecule has 1 aromatic carbocycles. The van der Waals surface area contributed by atoms with Gasteiger partial charge in [0.05, 0.1) is 0 Å². The van der Waals surface area contributed by atoms with Crippen molar-refractivity contribution in [1.29, 1.82) is 0 Å².